The van der Waals surface area contributed by atoms with Crippen LogP contribution in [0.2, 0.25) is 0 Å². The van der Waals surface area contributed by atoms with E-state index in [9.17, 15) is 4.79 Å². The first kappa shape index (κ1) is 13.8. The molecule has 0 aliphatic rings. The van der Waals surface area contributed by atoms with E-state index >= 15 is 0 Å². The van der Waals surface area contributed by atoms with Crippen LogP contribution in [-0.2, 0) is 11.2 Å². The molecule has 0 aromatic carbocycles. The van der Waals surface area contributed by atoms with Crippen LogP contribution in [0.1, 0.15) is 18.5 Å². The summed E-state index contributed by atoms with van der Waals surface area (Å²) in [6.07, 6.45) is 3.37. The molecule has 2 N–H and O–H groups in total. The van der Waals surface area contributed by atoms with E-state index < -0.39 is 0 Å². The van der Waals surface area contributed by atoms with Crippen molar-refractivity contribution in [2.75, 3.05) is 13.2 Å². The lowest BCUT2D eigenvalue weighted by Crippen LogP contribution is -2.26. The molecule has 0 spiro atoms. The third-order valence-electron chi connectivity index (χ3n) is 2.53. The predicted octanol–water partition coefficient (Wildman–Crippen LogP) is 1.83. The van der Waals surface area contributed by atoms with Gasteiger partial charge >= 0.3 is 0 Å². The zero-order valence-electron chi connectivity index (χ0n) is 10.5. The summed E-state index contributed by atoms with van der Waals surface area (Å²) < 4.78 is 5.25. The number of nitrogens with one attached hydrogen (secondary N) is 1. The number of thiazole rings is 1. The first-order valence-electron chi connectivity index (χ1n) is 6.15. The summed E-state index contributed by atoms with van der Waals surface area (Å²) in [7, 11) is 0. The lowest BCUT2D eigenvalue weighted by atomic mass is 10.3. The molecular formula is C13H16N2O3S. The Morgan fingerprint density at radius 1 is 1.47 bits per heavy atom. The Morgan fingerprint density at radius 3 is 3.11 bits per heavy atom. The lowest BCUT2D eigenvalue weighted by molar-refractivity contribution is -0.120. The van der Waals surface area contributed by atoms with E-state index in [2.05, 4.69) is 10.3 Å². The topological polar surface area (TPSA) is 75.4 Å². The van der Waals surface area contributed by atoms with Gasteiger partial charge < -0.3 is 14.8 Å². The average Bonchev–Trinajstić information content (AvgIpc) is 3.04. The molecule has 6 heteroatoms. The van der Waals surface area contributed by atoms with Crippen LogP contribution in [0, 0.1) is 0 Å². The van der Waals surface area contributed by atoms with Crippen LogP contribution < -0.4 is 5.32 Å². The van der Waals surface area contributed by atoms with E-state index in [0.717, 1.165) is 22.9 Å². The van der Waals surface area contributed by atoms with Crippen LogP contribution in [-0.4, -0.2) is 29.1 Å². The smallest absolute Gasteiger partial charge is 0.226 e. The number of hydrogen-bond acceptors (Lipinski definition) is 5. The number of aromatic nitrogens is 1. The minimum Gasteiger partial charge on any atom is -0.462 e. The molecule has 0 unspecified atom stereocenters. The van der Waals surface area contributed by atoms with Gasteiger partial charge in [0.1, 0.15) is 0 Å². The quantitative estimate of drug-likeness (QED) is 0.759. The summed E-state index contributed by atoms with van der Waals surface area (Å²) in [6, 6.07) is 3.65. The number of amides is 1. The number of unbranched alkanes of at least 4 members (excludes halogenated alkanes) is 1. The molecule has 2 aromatic heterocycles. The van der Waals surface area contributed by atoms with Crippen molar-refractivity contribution in [2.24, 2.45) is 0 Å². The fraction of sp³-hybridized carbons (Fsp3) is 0.385. The molecule has 1 amide bonds. The van der Waals surface area contributed by atoms with Crippen LogP contribution in [0.4, 0.5) is 0 Å². The van der Waals surface area contributed by atoms with Crippen molar-refractivity contribution in [3.8, 4) is 10.8 Å². The molecule has 2 rings (SSSR count). The molecule has 2 aromatic rings. The normalized spacial score (nSPS) is 10.6. The summed E-state index contributed by atoms with van der Waals surface area (Å²) >= 11 is 1.46. The largest absolute Gasteiger partial charge is 0.462 e. The first-order chi connectivity index (χ1) is 9.29. The van der Waals surface area contributed by atoms with Crippen molar-refractivity contribution in [2.45, 2.75) is 19.3 Å². The van der Waals surface area contributed by atoms with Gasteiger partial charge in [0.15, 0.2) is 10.8 Å². The van der Waals surface area contributed by atoms with Gasteiger partial charge in [-0.15, -0.1) is 11.3 Å². The van der Waals surface area contributed by atoms with Gasteiger partial charge in [0.25, 0.3) is 0 Å². The molecule has 0 saturated heterocycles. The highest BCUT2D eigenvalue weighted by molar-refractivity contribution is 7.13. The Bertz CT molecular complexity index is 508. The van der Waals surface area contributed by atoms with Crippen LogP contribution in [0.5, 0.6) is 0 Å². The number of aliphatic hydroxyl groups is 1. The van der Waals surface area contributed by atoms with E-state index in [1.54, 1.807) is 6.26 Å². The molecule has 0 aliphatic heterocycles. The molecule has 0 fully saturated rings. The minimum atomic E-state index is -0.0470. The summed E-state index contributed by atoms with van der Waals surface area (Å²) in [4.78, 5) is 16.0. The SMILES string of the molecule is O=C(Cc1csc(-c2ccco2)n1)NCCCCO. The van der Waals surface area contributed by atoms with Gasteiger partial charge in [-0.05, 0) is 25.0 Å². The highest BCUT2D eigenvalue weighted by Crippen LogP contribution is 2.23. The molecule has 0 bridgehead atoms. The predicted molar refractivity (Wildman–Crippen MR) is 72.8 cm³/mol. The Hall–Kier alpha value is -1.66. The molecule has 19 heavy (non-hydrogen) atoms. The van der Waals surface area contributed by atoms with Crippen LogP contribution in [0.3, 0.4) is 0 Å². The Kier molecular flexibility index (Phi) is 5.11. The Morgan fingerprint density at radius 2 is 2.37 bits per heavy atom. The zero-order chi connectivity index (χ0) is 13.5. The highest BCUT2D eigenvalue weighted by atomic mass is 32.1. The van der Waals surface area contributed by atoms with Crippen molar-refractivity contribution in [1.29, 1.82) is 0 Å². The molecule has 0 saturated carbocycles. The van der Waals surface area contributed by atoms with Crippen LogP contribution >= 0.6 is 11.3 Å². The summed E-state index contributed by atoms with van der Waals surface area (Å²) in [5.74, 6) is 0.675. The minimum absolute atomic E-state index is 0.0470. The highest BCUT2D eigenvalue weighted by Gasteiger charge is 2.10. The van der Waals surface area contributed by atoms with Gasteiger partial charge in [-0.25, -0.2) is 4.98 Å². The van der Waals surface area contributed by atoms with Crippen molar-refractivity contribution in [1.82, 2.24) is 10.3 Å². The average molecular weight is 280 g/mol. The molecule has 0 atom stereocenters. The maximum absolute atomic E-state index is 11.6. The molecule has 2 heterocycles. The second kappa shape index (κ2) is 7.06. The second-order valence-electron chi connectivity index (χ2n) is 4.08. The Balaban J connectivity index is 1.81. The molecule has 102 valence electrons. The second-order valence-corrected chi connectivity index (χ2v) is 4.94. The molecule has 0 radical (unpaired) electrons. The molecular weight excluding hydrogens is 264 g/mol. The molecule has 5 nitrogen and oxygen atoms in total. The van der Waals surface area contributed by atoms with Gasteiger partial charge in [0, 0.05) is 18.5 Å². The van der Waals surface area contributed by atoms with Crippen molar-refractivity contribution in [3.05, 3.63) is 29.5 Å². The van der Waals surface area contributed by atoms with Crippen molar-refractivity contribution in [3.63, 3.8) is 0 Å². The summed E-state index contributed by atoms with van der Waals surface area (Å²) in [6.45, 7) is 0.753. The standard InChI is InChI=1S/C13H16N2O3S/c16-6-2-1-5-14-12(17)8-10-9-19-13(15-10)11-4-3-7-18-11/h3-4,7,9,16H,1-2,5-6,8H2,(H,14,17). The van der Waals surface area contributed by atoms with Gasteiger partial charge in [-0.1, -0.05) is 0 Å². The van der Waals surface area contributed by atoms with Crippen molar-refractivity contribution < 1.29 is 14.3 Å². The zero-order valence-corrected chi connectivity index (χ0v) is 11.3. The summed E-state index contributed by atoms with van der Waals surface area (Å²) in [5, 5.41) is 14.1. The third-order valence-corrected chi connectivity index (χ3v) is 3.44. The number of hydrogen-bond donors (Lipinski definition) is 2. The van der Waals surface area contributed by atoms with Gasteiger partial charge in [-0.3, -0.25) is 4.79 Å². The fourth-order valence-corrected chi connectivity index (χ4v) is 2.38. The van der Waals surface area contributed by atoms with E-state index in [0.29, 0.717) is 13.0 Å². The van der Waals surface area contributed by atoms with E-state index in [1.165, 1.54) is 11.3 Å². The van der Waals surface area contributed by atoms with Gasteiger partial charge in [0.05, 0.1) is 18.4 Å². The van der Waals surface area contributed by atoms with Gasteiger partial charge in [0.2, 0.25) is 5.91 Å². The monoisotopic (exact) mass is 280 g/mol. The number of carbonyl (C=O) groups is 1. The number of nitrogens with zero attached hydrogens (tertiary/aromatic N) is 1. The molecule has 0 aliphatic carbocycles. The van der Waals surface area contributed by atoms with Crippen molar-refractivity contribution >= 4 is 17.2 Å². The van der Waals surface area contributed by atoms with E-state index in [4.69, 9.17) is 9.52 Å². The third kappa shape index (κ3) is 4.18. The van der Waals surface area contributed by atoms with Crippen LogP contribution in [0.15, 0.2) is 28.2 Å². The van der Waals surface area contributed by atoms with E-state index in [-0.39, 0.29) is 18.9 Å². The number of carbonyl (C=O) groups excluding carboxylic acids is 1. The van der Waals surface area contributed by atoms with Crippen LogP contribution in [0.25, 0.3) is 10.8 Å². The van der Waals surface area contributed by atoms with E-state index in [1.807, 2.05) is 17.5 Å². The summed E-state index contributed by atoms with van der Waals surface area (Å²) in [5.41, 5.74) is 0.746. The first-order valence-corrected chi connectivity index (χ1v) is 7.03. The number of aliphatic hydroxyl groups excluding tert-OH is 1. The maximum Gasteiger partial charge on any atom is 0.226 e. The maximum atomic E-state index is 11.6. The Labute approximate surface area is 115 Å². The fourth-order valence-electron chi connectivity index (χ4n) is 1.59. The number of furan rings is 1. The lowest BCUT2D eigenvalue weighted by Gasteiger charge is -2.02. The number of rotatable bonds is 7. The van der Waals surface area contributed by atoms with Gasteiger partial charge in [-0.2, -0.15) is 0 Å².